The summed E-state index contributed by atoms with van der Waals surface area (Å²) >= 11 is 0. The van der Waals surface area contributed by atoms with Gasteiger partial charge in [-0.25, -0.2) is 0 Å². The molecule has 0 heterocycles. The maximum atomic E-state index is 8.71. The Hall–Kier alpha value is -2.71. The van der Waals surface area contributed by atoms with E-state index in [1.807, 2.05) is 43.3 Å². The predicted octanol–water partition coefficient (Wildman–Crippen LogP) is 3.51. The van der Waals surface area contributed by atoms with Gasteiger partial charge >= 0.3 is 0 Å². The van der Waals surface area contributed by atoms with Crippen molar-refractivity contribution in [1.82, 2.24) is 0 Å². The number of rotatable bonds is 3. The molecule has 0 saturated heterocycles. The Kier molecular flexibility index (Phi) is 4.21. The molecule has 0 radical (unpaired) electrons. The van der Waals surface area contributed by atoms with E-state index in [9.17, 15) is 0 Å². The topological polar surface area (TPSA) is 33.0 Å². The summed E-state index contributed by atoms with van der Waals surface area (Å²) in [5, 5.41) is 8.71. The summed E-state index contributed by atoms with van der Waals surface area (Å²) in [5.74, 6) is 6.65. The number of nitrogens with zero attached hydrogens (tertiary/aromatic N) is 1. The molecule has 92 valence electrons. The van der Waals surface area contributed by atoms with Crippen molar-refractivity contribution in [3.8, 4) is 23.7 Å². The zero-order valence-corrected chi connectivity index (χ0v) is 10.7. The predicted molar refractivity (Wildman–Crippen MR) is 74.5 cm³/mol. The van der Waals surface area contributed by atoms with Crippen LogP contribution in [0.5, 0.6) is 5.75 Å². The Morgan fingerprint density at radius 1 is 0.947 bits per heavy atom. The van der Waals surface area contributed by atoms with E-state index < -0.39 is 0 Å². The number of ether oxygens (including phenoxy) is 1. The molecule has 2 aromatic rings. The Balaban J connectivity index is 1.97. The van der Waals surface area contributed by atoms with Crippen molar-refractivity contribution >= 4 is 0 Å². The summed E-state index contributed by atoms with van der Waals surface area (Å²) < 4.78 is 5.67. The molecule has 2 rings (SSSR count). The van der Waals surface area contributed by atoms with Crippen molar-refractivity contribution in [3.63, 3.8) is 0 Å². The molecule has 0 aliphatic heterocycles. The average Bonchev–Trinajstić information content (AvgIpc) is 2.47. The third kappa shape index (κ3) is 3.63. The lowest BCUT2D eigenvalue weighted by molar-refractivity contribution is 0.306. The summed E-state index contributed by atoms with van der Waals surface area (Å²) in [6.45, 7) is 2.31. The Bertz CT molecular complexity index is 637. The first kappa shape index (κ1) is 12.7. The van der Waals surface area contributed by atoms with Crippen molar-refractivity contribution in [1.29, 1.82) is 5.26 Å². The summed E-state index contributed by atoms with van der Waals surface area (Å²) in [5.41, 5.74) is 2.68. The molecule has 2 nitrogen and oxygen atoms in total. The number of nitriles is 1. The van der Waals surface area contributed by atoms with Gasteiger partial charge in [0.25, 0.3) is 0 Å². The first-order chi connectivity index (χ1) is 9.31. The van der Waals surface area contributed by atoms with E-state index in [0.29, 0.717) is 12.2 Å². The third-order valence-corrected chi connectivity index (χ3v) is 2.61. The van der Waals surface area contributed by atoms with Gasteiger partial charge in [0.1, 0.15) is 12.4 Å². The van der Waals surface area contributed by atoms with E-state index in [-0.39, 0.29) is 0 Å². The largest absolute Gasteiger partial charge is 0.489 e. The van der Waals surface area contributed by atoms with Gasteiger partial charge in [-0.3, -0.25) is 0 Å². The SMILES string of the molecule is CC#Cc1ccc(OCc2ccc(C#N)cc2)cc1. The lowest BCUT2D eigenvalue weighted by atomic mass is 10.1. The number of benzene rings is 2. The van der Waals surface area contributed by atoms with Gasteiger partial charge in [0.2, 0.25) is 0 Å². The van der Waals surface area contributed by atoms with Gasteiger partial charge in [-0.15, -0.1) is 5.92 Å². The van der Waals surface area contributed by atoms with Crippen molar-refractivity contribution in [2.45, 2.75) is 13.5 Å². The Morgan fingerprint density at radius 2 is 1.58 bits per heavy atom. The van der Waals surface area contributed by atoms with Crippen LogP contribution in [0.2, 0.25) is 0 Å². The second-order valence-electron chi connectivity index (χ2n) is 4.00. The van der Waals surface area contributed by atoms with Gasteiger partial charge in [0.05, 0.1) is 11.6 Å². The zero-order valence-electron chi connectivity index (χ0n) is 10.7. The van der Waals surface area contributed by atoms with Crippen LogP contribution >= 0.6 is 0 Å². The molecule has 0 aromatic heterocycles. The van der Waals surface area contributed by atoms with Gasteiger partial charge in [-0.05, 0) is 48.9 Å². The fourth-order valence-corrected chi connectivity index (χ4v) is 1.62. The lowest BCUT2D eigenvalue weighted by Gasteiger charge is -2.06. The molecule has 0 fully saturated rings. The lowest BCUT2D eigenvalue weighted by Crippen LogP contribution is -1.95. The minimum atomic E-state index is 0.491. The second-order valence-corrected chi connectivity index (χ2v) is 4.00. The maximum absolute atomic E-state index is 8.71. The fourth-order valence-electron chi connectivity index (χ4n) is 1.62. The van der Waals surface area contributed by atoms with Crippen LogP contribution in [-0.2, 0) is 6.61 Å². The number of hydrogen-bond donors (Lipinski definition) is 0. The molecular weight excluding hydrogens is 234 g/mol. The van der Waals surface area contributed by atoms with Crippen LogP contribution in [0.15, 0.2) is 48.5 Å². The van der Waals surface area contributed by atoms with Crippen LogP contribution in [0, 0.1) is 23.2 Å². The van der Waals surface area contributed by atoms with Crippen LogP contribution < -0.4 is 4.74 Å². The normalized spacial score (nSPS) is 9.05. The second kappa shape index (κ2) is 6.28. The molecule has 2 heteroatoms. The standard InChI is InChI=1S/C17H13NO/c1-2-3-14-8-10-17(11-9-14)19-13-16-6-4-15(12-18)5-7-16/h4-11H,13H2,1H3. The minimum Gasteiger partial charge on any atom is -0.489 e. The van der Waals surface area contributed by atoms with Gasteiger partial charge in [-0.1, -0.05) is 18.1 Å². The van der Waals surface area contributed by atoms with E-state index in [1.165, 1.54) is 0 Å². The molecular formula is C17H13NO. The van der Waals surface area contributed by atoms with E-state index in [4.69, 9.17) is 10.00 Å². The quantitative estimate of drug-likeness (QED) is 0.777. The van der Waals surface area contributed by atoms with Gasteiger partial charge in [0.15, 0.2) is 0 Å². The summed E-state index contributed by atoms with van der Waals surface area (Å²) in [7, 11) is 0. The highest BCUT2D eigenvalue weighted by Crippen LogP contribution is 2.14. The smallest absolute Gasteiger partial charge is 0.119 e. The zero-order chi connectivity index (χ0) is 13.5. The minimum absolute atomic E-state index is 0.491. The average molecular weight is 247 g/mol. The Morgan fingerprint density at radius 3 is 2.16 bits per heavy atom. The van der Waals surface area contributed by atoms with E-state index >= 15 is 0 Å². The third-order valence-electron chi connectivity index (χ3n) is 2.61. The monoisotopic (exact) mass is 247 g/mol. The molecule has 2 aromatic carbocycles. The highest BCUT2D eigenvalue weighted by atomic mass is 16.5. The fraction of sp³-hybridized carbons (Fsp3) is 0.118. The number of hydrogen-bond acceptors (Lipinski definition) is 2. The molecule has 0 atom stereocenters. The molecule has 0 spiro atoms. The van der Waals surface area contributed by atoms with Crippen molar-refractivity contribution in [2.75, 3.05) is 0 Å². The summed E-state index contributed by atoms with van der Waals surface area (Å²) in [6, 6.07) is 17.2. The van der Waals surface area contributed by atoms with Crippen LogP contribution in [0.4, 0.5) is 0 Å². The molecule has 0 unspecified atom stereocenters. The van der Waals surface area contributed by atoms with E-state index in [2.05, 4.69) is 17.9 Å². The van der Waals surface area contributed by atoms with Crippen molar-refractivity contribution in [3.05, 3.63) is 65.2 Å². The highest BCUT2D eigenvalue weighted by Gasteiger charge is 1.97. The molecule has 19 heavy (non-hydrogen) atoms. The molecule has 0 bridgehead atoms. The Labute approximate surface area is 113 Å². The van der Waals surface area contributed by atoms with Crippen molar-refractivity contribution < 1.29 is 4.74 Å². The first-order valence-electron chi connectivity index (χ1n) is 5.96. The molecule has 0 aliphatic rings. The molecule has 0 N–H and O–H groups in total. The molecule has 0 saturated carbocycles. The van der Waals surface area contributed by atoms with Crippen LogP contribution in [0.3, 0.4) is 0 Å². The van der Waals surface area contributed by atoms with E-state index in [0.717, 1.165) is 16.9 Å². The van der Waals surface area contributed by atoms with Gasteiger partial charge < -0.3 is 4.74 Å². The first-order valence-corrected chi connectivity index (χ1v) is 5.96. The van der Waals surface area contributed by atoms with Crippen LogP contribution in [0.1, 0.15) is 23.6 Å². The van der Waals surface area contributed by atoms with Crippen molar-refractivity contribution in [2.24, 2.45) is 0 Å². The summed E-state index contributed by atoms with van der Waals surface area (Å²) in [4.78, 5) is 0. The summed E-state index contributed by atoms with van der Waals surface area (Å²) in [6.07, 6.45) is 0. The highest BCUT2D eigenvalue weighted by molar-refractivity contribution is 5.38. The maximum Gasteiger partial charge on any atom is 0.119 e. The molecule has 0 amide bonds. The van der Waals surface area contributed by atoms with Gasteiger partial charge in [0, 0.05) is 5.56 Å². The van der Waals surface area contributed by atoms with Crippen LogP contribution in [-0.4, -0.2) is 0 Å². The van der Waals surface area contributed by atoms with Gasteiger partial charge in [-0.2, -0.15) is 5.26 Å². The van der Waals surface area contributed by atoms with Crippen LogP contribution in [0.25, 0.3) is 0 Å². The molecule has 0 aliphatic carbocycles. The van der Waals surface area contributed by atoms with E-state index in [1.54, 1.807) is 12.1 Å².